The number of hydrogen-bond acceptors (Lipinski definition) is 2. The summed E-state index contributed by atoms with van der Waals surface area (Å²) < 4.78 is 0. The van der Waals surface area contributed by atoms with Crippen LogP contribution in [0.25, 0.3) is 0 Å². The molecule has 0 bridgehead atoms. The maximum Gasteiger partial charge on any atom is 0.227 e. The number of rotatable bonds is 5. The van der Waals surface area contributed by atoms with Gasteiger partial charge in [-0.2, -0.15) is 0 Å². The van der Waals surface area contributed by atoms with Crippen molar-refractivity contribution >= 4 is 29.1 Å². The molecular weight excluding hydrogens is 324 g/mol. The topological polar surface area (TPSA) is 58.2 Å². The van der Waals surface area contributed by atoms with E-state index in [1.165, 1.54) is 0 Å². The number of halogens is 1. The maximum absolute atomic E-state index is 12.1. The quantitative estimate of drug-likeness (QED) is 0.873. The fourth-order valence-electron chi connectivity index (χ4n) is 2.88. The Morgan fingerprint density at radius 1 is 1.17 bits per heavy atom. The van der Waals surface area contributed by atoms with Crippen molar-refractivity contribution < 1.29 is 9.59 Å². The molecule has 0 radical (unpaired) electrons. The number of carbonyl (C=O) groups excluding carboxylic acids is 2. The molecular formula is C19H19ClN2O2. The molecule has 0 aliphatic carbocycles. The van der Waals surface area contributed by atoms with E-state index in [9.17, 15) is 9.59 Å². The normalized spacial score (nSPS) is 16.2. The van der Waals surface area contributed by atoms with Gasteiger partial charge in [0.2, 0.25) is 11.8 Å². The molecule has 2 aromatic rings. The summed E-state index contributed by atoms with van der Waals surface area (Å²) in [6.07, 6.45) is 1.54. The zero-order valence-electron chi connectivity index (χ0n) is 13.2. The minimum Gasteiger partial charge on any atom is -0.352 e. The first-order valence-electron chi connectivity index (χ1n) is 8.02. The van der Waals surface area contributed by atoms with Gasteiger partial charge in [0.25, 0.3) is 0 Å². The minimum atomic E-state index is -0.161. The second-order valence-electron chi connectivity index (χ2n) is 5.95. The van der Waals surface area contributed by atoms with Crippen LogP contribution in [0, 0.1) is 5.92 Å². The lowest BCUT2D eigenvalue weighted by Crippen LogP contribution is -2.31. The van der Waals surface area contributed by atoms with Gasteiger partial charge in [0.1, 0.15) is 0 Å². The summed E-state index contributed by atoms with van der Waals surface area (Å²) >= 11 is 6.07. The lowest BCUT2D eigenvalue weighted by Gasteiger charge is -2.24. The van der Waals surface area contributed by atoms with E-state index in [1.807, 2.05) is 42.5 Å². The zero-order valence-corrected chi connectivity index (χ0v) is 14.0. The molecule has 0 fully saturated rings. The third kappa shape index (κ3) is 3.95. The summed E-state index contributed by atoms with van der Waals surface area (Å²) in [6, 6.07) is 15.2. The highest BCUT2D eigenvalue weighted by molar-refractivity contribution is 6.31. The van der Waals surface area contributed by atoms with Crippen molar-refractivity contribution in [2.75, 3.05) is 5.32 Å². The highest BCUT2D eigenvalue weighted by Crippen LogP contribution is 2.27. The first-order valence-corrected chi connectivity index (χ1v) is 8.40. The van der Waals surface area contributed by atoms with E-state index in [0.29, 0.717) is 30.8 Å². The van der Waals surface area contributed by atoms with Crippen molar-refractivity contribution in [1.82, 2.24) is 5.32 Å². The fourth-order valence-corrected chi connectivity index (χ4v) is 3.08. The molecule has 0 saturated carbocycles. The zero-order chi connectivity index (χ0) is 16.9. The van der Waals surface area contributed by atoms with E-state index >= 15 is 0 Å². The first-order chi connectivity index (χ1) is 11.6. The van der Waals surface area contributed by atoms with Crippen LogP contribution in [0.4, 0.5) is 5.69 Å². The van der Waals surface area contributed by atoms with Crippen LogP contribution in [0.1, 0.15) is 24.0 Å². The summed E-state index contributed by atoms with van der Waals surface area (Å²) in [5.74, 6) is -0.236. The van der Waals surface area contributed by atoms with Gasteiger partial charge >= 0.3 is 0 Å². The molecule has 1 aliphatic heterocycles. The molecule has 1 aliphatic rings. The van der Waals surface area contributed by atoms with Gasteiger partial charge in [-0.3, -0.25) is 9.59 Å². The molecule has 1 atom stereocenters. The average Bonchev–Trinajstić information content (AvgIpc) is 2.59. The van der Waals surface area contributed by atoms with Gasteiger partial charge in [-0.05, 0) is 36.1 Å². The molecule has 0 saturated heterocycles. The lowest BCUT2D eigenvalue weighted by molar-refractivity contribution is -0.122. The van der Waals surface area contributed by atoms with E-state index in [1.54, 1.807) is 6.07 Å². The van der Waals surface area contributed by atoms with Crippen LogP contribution < -0.4 is 10.6 Å². The molecule has 5 heteroatoms. The van der Waals surface area contributed by atoms with Gasteiger partial charge in [-0.15, -0.1) is 0 Å². The van der Waals surface area contributed by atoms with Crippen LogP contribution in [0.3, 0.4) is 0 Å². The summed E-state index contributed by atoms with van der Waals surface area (Å²) in [5, 5.41) is 6.41. The predicted molar refractivity (Wildman–Crippen MR) is 94.8 cm³/mol. The molecule has 3 rings (SSSR count). The van der Waals surface area contributed by atoms with Crippen LogP contribution in [-0.4, -0.2) is 11.8 Å². The van der Waals surface area contributed by atoms with Crippen molar-refractivity contribution in [3.8, 4) is 0 Å². The van der Waals surface area contributed by atoms with Crippen LogP contribution in [0.15, 0.2) is 48.5 Å². The third-order valence-electron chi connectivity index (χ3n) is 4.27. The van der Waals surface area contributed by atoms with E-state index in [4.69, 9.17) is 11.6 Å². The van der Waals surface area contributed by atoms with Crippen LogP contribution >= 0.6 is 11.6 Å². The standard InChI is InChI=1S/C19H19ClN2O2/c20-16-7-3-1-6-15(16)12-21-18(23)10-9-14-11-13-5-2-4-8-17(13)22-19(14)24/h1-8,14H,9-12H2,(H,21,23)(H,22,24). The first kappa shape index (κ1) is 16.5. The summed E-state index contributed by atoms with van der Waals surface area (Å²) in [4.78, 5) is 24.2. The van der Waals surface area contributed by atoms with Crippen molar-refractivity contribution in [1.29, 1.82) is 0 Å². The number of nitrogens with one attached hydrogen (secondary N) is 2. The summed E-state index contributed by atoms with van der Waals surface area (Å²) in [6.45, 7) is 0.401. The van der Waals surface area contributed by atoms with Gasteiger partial charge in [0.15, 0.2) is 0 Å². The van der Waals surface area contributed by atoms with Crippen molar-refractivity contribution in [2.24, 2.45) is 5.92 Å². The highest BCUT2D eigenvalue weighted by Gasteiger charge is 2.26. The number of amides is 2. The molecule has 1 unspecified atom stereocenters. The number of anilines is 1. The smallest absolute Gasteiger partial charge is 0.227 e. The van der Waals surface area contributed by atoms with Crippen molar-refractivity contribution in [3.05, 3.63) is 64.7 Å². The second kappa shape index (κ2) is 7.49. The molecule has 4 nitrogen and oxygen atoms in total. The molecule has 1 heterocycles. The van der Waals surface area contributed by atoms with Crippen molar-refractivity contribution in [2.45, 2.75) is 25.8 Å². The van der Waals surface area contributed by atoms with Crippen molar-refractivity contribution in [3.63, 3.8) is 0 Å². The largest absolute Gasteiger partial charge is 0.352 e. The van der Waals surface area contributed by atoms with E-state index in [-0.39, 0.29) is 17.7 Å². The molecule has 24 heavy (non-hydrogen) atoms. The fraction of sp³-hybridized carbons (Fsp3) is 0.263. The molecule has 2 aromatic carbocycles. The Balaban J connectivity index is 1.50. The van der Waals surface area contributed by atoms with Crippen LogP contribution in [-0.2, 0) is 22.6 Å². The Morgan fingerprint density at radius 3 is 2.75 bits per heavy atom. The lowest BCUT2D eigenvalue weighted by atomic mass is 9.89. The molecule has 124 valence electrons. The third-order valence-corrected chi connectivity index (χ3v) is 4.63. The molecule has 2 N–H and O–H groups in total. The summed E-state index contributed by atoms with van der Waals surface area (Å²) in [7, 11) is 0. The van der Waals surface area contributed by atoms with E-state index < -0.39 is 0 Å². The SMILES string of the molecule is O=C(CCC1Cc2ccccc2NC1=O)NCc1ccccc1Cl. The van der Waals surface area contributed by atoms with Crippen LogP contribution in [0.5, 0.6) is 0 Å². The minimum absolute atomic E-state index is 0.00685. The molecule has 2 amide bonds. The Kier molecular flexibility index (Phi) is 5.16. The number of carbonyl (C=O) groups is 2. The monoisotopic (exact) mass is 342 g/mol. The Morgan fingerprint density at radius 2 is 1.92 bits per heavy atom. The summed E-state index contributed by atoms with van der Waals surface area (Å²) in [5.41, 5.74) is 2.89. The highest BCUT2D eigenvalue weighted by atomic mass is 35.5. The van der Waals surface area contributed by atoms with E-state index in [0.717, 1.165) is 16.8 Å². The Labute approximate surface area is 146 Å². The van der Waals surface area contributed by atoms with Crippen LogP contribution in [0.2, 0.25) is 5.02 Å². The predicted octanol–water partition coefficient (Wildman–Crippen LogP) is 3.55. The Hall–Kier alpha value is -2.33. The maximum atomic E-state index is 12.1. The number of hydrogen-bond donors (Lipinski definition) is 2. The number of benzene rings is 2. The van der Waals surface area contributed by atoms with Gasteiger partial charge in [0.05, 0.1) is 0 Å². The Bertz CT molecular complexity index is 761. The van der Waals surface area contributed by atoms with E-state index in [2.05, 4.69) is 10.6 Å². The second-order valence-corrected chi connectivity index (χ2v) is 6.36. The average molecular weight is 343 g/mol. The van der Waals surface area contributed by atoms with Gasteiger partial charge in [-0.25, -0.2) is 0 Å². The number of fused-ring (bicyclic) bond motifs is 1. The van der Waals surface area contributed by atoms with Gasteiger partial charge in [-0.1, -0.05) is 48.0 Å². The van der Waals surface area contributed by atoms with Gasteiger partial charge < -0.3 is 10.6 Å². The number of para-hydroxylation sites is 1. The van der Waals surface area contributed by atoms with Gasteiger partial charge in [0, 0.05) is 29.6 Å². The molecule has 0 aromatic heterocycles. The molecule has 0 spiro atoms.